The van der Waals surface area contributed by atoms with E-state index < -0.39 is 24.4 Å². The molecule has 0 spiro atoms. The Bertz CT molecular complexity index is 956. The van der Waals surface area contributed by atoms with Gasteiger partial charge in [0.15, 0.2) is 12.4 Å². The molecule has 0 saturated carbocycles. The topological polar surface area (TPSA) is 97.6 Å². The molecule has 1 atom stereocenters. The predicted octanol–water partition coefficient (Wildman–Crippen LogP) is 2.65. The summed E-state index contributed by atoms with van der Waals surface area (Å²) in [5, 5.41) is 5.27. The molecule has 1 aromatic heterocycles. The van der Waals surface area contributed by atoms with Crippen LogP contribution in [0, 0.1) is 0 Å². The molecular weight excluding hydrogens is 384 g/mol. The summed E-state index contributed by atoms with van der Waals surface area (Å²) in [6.45, 7) is -0.799. The van der Waals surface area contributed by atoms with Crippen molar-refractivity contribution < 1.29 is 23.5 Å². The van der Waals surface area contributed by atoms with E-state index in [1.165, 1.54) is 12.3 Å². The molecule has 2 amide bonds. The van der Waals surface area contributed by atoms with Crippen molar-refractivity contribution in [3.05, 3.63) is 95.9 Å². The SMILES string of the molecule is O=C(COC(=O)CNC(=O)c1ccco1)NC(Cc1ccccc1)c1ccccc1. The van der Waals surface area contributed by atoms with E-state index in [9.17, 15) is 14.4 Å². The Morgan fingerprint density at radius 2 is 1.60 bits per heavy atom. The number of hydrogen-bond acceptors (Lipinski definition) is 5. The third-order valence-electron chi connectivity index (χ3n) is 4.32. The van der Waals surface area contributed by atoms with Crippen LogP contribution in [-0.4, -0.2) is 30.9 Å². The van der Waals surface area contributed by atoms with E-state index >= 15 is 0 Å². The number of esters is 1. The molecule has 0 aliphatic rings. The quantitative estimate of drug-likeness (QED) is 0.533. The van der Waals surface area contributed by atoms with E-state index in [1.54, 1.807) is 6.07 Å². The monoisotopic (exact) mass is 406 g/mol. The Hall–Kier alpha value is -3.87. The highest BCUT2D eigenvalue weighted by Gasteiger charge is 2.17. The lowest BCUT2D eigenvalue weighted by atomic mass is 9.99. The Morgan fingerprint density at radius 3 is 2.27 bits per heavy atom. The van der Waals surface area contributed by atoms with E-state index in [2.05, 4.69) is 10.6 Å². The smallest absolute Gasteiger partial charge is 0.325 e. The number of carbonyl (C=O) groups excluding carboxylic acids is 3. The molecule has 2 N–H and O–H groups in total. The molecule has 3 rings (SSSR count). The zero-order valence-electron chi connectivity index (χ0n) is 16.2. The minimum absolute atomic E-state index is 0.0900. The van der Waals surface area contributed by atoms with Crippen molar-refractivity contribution in [3.8, 4) is 0 Å². The number of rotatable bonds is 9. The maximum Gasteiger partial charge on any atom is 0.325 e. The van der Waals surface area contributed by atoms with Crippen molar-refractivity contribution in [2.24, 2.45) is 0 Å². The number of carbonyl (C=O) groups is 3. The summed E-state index contributed by atoms with van der Waals surface area (Å²) in [6, 6.07) is 22.2. The van der Waals surface area contributed by atoms with Crippen LogP contribution in [0.15, 0.2) is 83.5 Å². The van der Waals surface area contributed by atoms with Gasteiger partial charge in [-0.25, -0.2) is 0 Å². The largest absolute Gasteiger partial charge is 0.459 e. The van der Waals surface area contributed by atoms with Crippen LogP contribution >= 0.6 is 0 Å². The summed E-state index contributed by atoms with van der Waals surface area (Å²) in [4.78, 5) is 35.9. The maximum atomic E-state index is 12.4. The first-order valence-corrected chi connectivity index (χ1v) is 9.47. The van der Waals surface area contributed by atoms with Gasteiger partial charge in [-0.3, -0.25) is 14.4 Å². The van der Waals surface area contributed by atoms with Gasteiger partial charge in [-0.05, 0) is 29.7 Å². The average Bonchev–Trinajstić information content (AvgIpc) is 3.32. The molecule has 0 bridgehead atoms. The van der Waals surface area contributed by atoms with Crippen molar-refractivity contribution >= 4 is 17.8 Å². The van der Waals surface area contributed by atoms with Crippen LogP contribution in [0.3, 0.4) is 0 Å². The molecule has 2 aromatic carbocycles. The third-order valence-corrected chi connectivity index (χ3v) is 4.32. The van der Waals surface area contributed by atoms with E-state index in [0.29, 0.717) is 6.42 Å². The lowest BCUT2D eigenvalue weighted by molar-refractivity contribution is -0.147. The second-order valence-electron chi connectivity index (χ2n) is 6.54. The average molecular weight is 406 g/mol. The second-order valence-corrected chi connectivity index (χ2v) is 6.54. The van der Waals surface area contributed by atoms with E-state index in [1.807, 2.05) is 60.7 Å². The van der Waals surface area contributed by atoms with Gasteiger partial charge in [0.1, 0.15) is 6.54 Å². The Kier molecular flexibility index (Phi) is 7.38. The first-order valence-electron chi connectivity index (χ1n) is 9.47. The summed E-state index contributed by atoms with van der Waals surface area (Å²) in [5.41, 5.74) is 2.02. The van der Waals surface area contributed by atoms with Crippen LogP contribution in [0.2, 0.25) is 0 Å². The molecule has 3 aromatic rings. The summed E-state index contributed by atoms with van der Waals surface area (Å²) in [5.74, 6) is -1.59. The molecule has 7 nitrogen and oxygen atoms in total. The van der Waals surface area contributed by atoms with Crippen LogP contribution < -0.4 is 10.6 Å². The van der Waals surface area contributed by atoms with Gasteiger partial charge in [-0.15, -0.1) is 0 Å². The highest BCUT2D eigenvalue weighted by molar-refractivity contribution is 5.93. The first kappa shape index (κ1) is 20.9. The van der Waals surface area contributed by atoms with Crippen molar-refractivity contribution in [3.63, 3.8) is 0 Å². The van der Waals surface area contributed by atoms with Gasteiger partial charge in [0.25, 0.3) is 11.8 Å². The molecule has 7 heteroatoms. The fourth-order valence-electron chi connectivity index (χ4n) is 2.87. The minimum atomic E-state index is -0.718. The Labute approximate surface area is 174 Å². The van der Waals surface area contributed by atoms with Crippen LogP contribution in [0.1, 0.15) is 27.7 Å². The van der Waals surface area contributed by atoms with Gasteiger partial charge in [0.05, 0.1) is 12.3 Å². The summed E-state index contributed by atoms with van der Waals surface area (Å²) in [6.07, 6.45) is 1.96. The molecule has 0 aliphatic heterocycles. The van der Waals surface area contributed by atoms with Crippen molar-refractivity contribution in [2.45, 2.75) is 12.5 Å². The number of hydrogen-bond donors (Lipinski definition) is 2. The van der Waals surface area contributed by atoms with E-state index in [-0.39, 0.29) is 18.3 Å². The molecule has 1 heterocycles. The molecule has 30 heavy (non-hydrogen) atoms. The molecular formula is C23H22N2O5. The molecule has 154 valence electrons. The number of benzene rings is 2. The van der Waals surface area contributed by atoms with E-state index in [0.717, 1.165) is 11.1 Å². The van der Waals surface area contributed by atoms with Gasteiger partial charge in [-0.1, -0.05) is 60.7 Å². The molecule has 0 aliphatic carbocycles. The number of ether oxygens (including phenoxy) is 1. The fourth-order valence-corrected chi connectivity index (χ4v) is 2.87. The summed E-state index contributed by atoms with van der Waals surface area (Å²) >= 11 is 0. The molecule has 1 unspecified atom stereocenters. The minimum Gasteiger partial charge on any atom is -0.459 e. The highest BCUT2D eigenvalue weighted by Crippen LogP contribution is 2.18. The van der Waals surface area contributed by atoms with Gasteiger partial charge in [-0.2, -0.15) is 0 Å². The highest BCUT2D eigenvalue weighted by atomic mass is 16.5. The van der Waals surface area contributed by atoms with Crippen LogP contribution in [-0.2, 0) is 20.7 Å². The zero-order chi connectivity index (χ0) is 21.2. The Balaban J connectivity index is 1.50. The molecule has 0 saturated heterocycles. The van der Waals surface area contributed by atoms with Gasteiger partial charge in [0.2, 0.25) is 0 Å². The lowest BCUT2D eigenvalue weighted by Crippen LogP contribution is -2.36. The number of nitrogens with one attached hydrogen (secondary N) is 2. The fraction of sp³-hybridized carbons (Fsp3) is 0.174. The third kappa shape index (κ3) is 6.34. The van der Waals surface area contributed by atoms with Gasteiger partial charge in [0, 0.05) is 0 Å². The first-order chi connectivity index (χ1) is 14.6. The number of furan rings is 1. The van der Waals surface area contributed by atoms with Gasteiger partial charge >= 0.3 is 5.97 Å². The van der Waals surface area contributed by atoms with Crippen molar-refractivity contribution in [1.29, 1.82) is 0 Å². The van der Waals surface area contributed by atoms with Crippen LogP contribution in [0.25, 0.3) is 0 Å². The maximum absolute atomic E-state index is 12.4. The zero-order valence-corrected chi connectivity index (χ0v) is 16.2. The van der Waals surface area contributed by atoms with Crippen molar-refractivity contribution in [1.82, 2.24) is 10.6 Å². The normalized spacial score (nSPS) is 11.3. The molecule has 0 fully saturated rings. The van der Waals surface area contributed by atoms with Crippen molar-refractivity contribution in [2.75, 3.05) is 13.2 Å². The van der Waals surface area contributed by atoms with Crippen LogP contribution in [0.5, 0.6) is 0 Å². The number of amides is 2. The van der Waals surface area contributed by atoms with Gasteiger partial charge < -0.3 is 19.8 Å². The standard InChI is InChI=1S/C23H22N2O5/c26-21(16-30-22(27)15-24-23(28)20-12-7-13-29-20)25-19(18-10-5-2-6-11-18)14-17-8-3-1-4-9-17/h1-13,19H,14-16H2,(H,24,28)(H,25,26). The summed E-state index contributed by atoms with van der Waals surface area (Å²) < 4.78 is 9.89. The molecule has 0 radical (unpaired) electrons. The lowest BCUT2D eigenvalue weighted by Gasteiger charge is -2.19. The Morgan fingerprint density at radius 1 is 0.900 bits per heavy atom. The van der Waals surface area contributed by atoms with Crippen LogP contribution in [0.4, 0.5) is 0 Å². The predicted molar refractivity (Wildman–Crippen MR) is 109 cm³/mol. The summed E-state index contributed by atoms with van der Waals surface area (Å²) in [7, 11) is 0. The van der Waals surface area contributed by atoms with E-state index in [4.69, 9.17) is 9.15 Å². The second kappa shape index (κ2) is 10.6.